The summed E-state index contributed by atoms with van der Waals surface area (Å²) >= 11 is 5.48. The van der Waals surface area contributed by atoms with Crippen molar-refractivity contribution < 1.29 is 0 Å². The predicted octanol–water partition coefficient (Wildman–Crippen LogP) is 6.27. The van der Waals surface area contributed by atoms with Gasteiger partial charge >= 0.3 is 0 Å². The van der Waals surface area contributed by atoms with Crippen LogP contribution in [0.4, 0.5) is 17.2 Å². The third kappa shape index (κ3) is 6.79. The predicted molar refractivity (Wildman–Crippen MR) is 166 cm³/mol. The van der Waals surface area contributed by atoms with Gasteiger partial charge in [-0.3, -0.25) is 9.97 Å². The van der Waals surface area contributed by atoms with E-state index in [9.17, 15) is 5.26 Å². The van der Waals surface area contributed by atoms with Crippen molar-refractivity contribution in [1.29, 1.82) is 5.26 Å². The molecular formula is C29H31N7S3. The Labute approximate surface area is 242 Å². The van der Waals surface area contributed by atoms with Crippen LogP contribution in [0.3, 0.4) is 0 Å². The van der Waals surface area contributed by atoms with Crippen LogP contribution in [-0.2, 0) is 12.3 Å². The zero-order valence-electron chi connectivity index (χ0n) is 22.3. The molecule has 1 saturated heterocycles. The van der Waals surface area contributed by atoms with E-state index in [1.165, 1.54) is 15.4 Å². The third-order valence-electron chi connectivity index (χ3n) is 6.35. The van der Waals surface area contributed by atoms with Gasteiger partial charge in [0.25, 0.3) is 0 Å². The second kappa shape index (κ2) is 12.9. The Morgan fingerprint density at radius 1 is 1.05 bits per heavy atom. The molecule has 3 heterocycles. The zero-order chi connectivity index (χ0) is 27.2. The maximum absolute atomic E-state index is 10.1. The highest BCUT2D eigenvalue weighted by molar-refractivity contribution is 8.01. The number of pyridine rings is 1. The molecule has 1 aliphatic rings. The molecule has 10 heteroatoms. The van der Waals surface area contributed by atoms with E-state index in [0.29, 0.717) is 11.1 Å². The number of fused-ring (bicyclic) bond motifs is 1. The molecule has 1 N–H and O–H groups in total. The number of nitriles is 1. The molecule has 2 aromatic heterocycles. The summed E-state index contributed by atoms with van der Waals surface area (Å²) in [4.78, 5) is 20.9. The average Bonchev–Trinajstić information content (AvgIpc) is 2.97. The largest absolute Gasteiger partial charge is 0.354 e. The Morgan fingerprint density at radius 2 is 1.90 bits per heavy atom. The fourth-order valence-corrected chi connectivity index (χ4v) is 7.07. The van der Waals surface area contributed by atoms with Crippen LogP contribution in [0.1, 0.15) is 16.8 Å². The first-order valence-corrected chi connectivity index (χ1v) is 16.1. The normalized spacial score (nSPS) is 13.6. The van der Waals surface area contributed by atoms with Gasteiger partial charge in [0, 0.05) is 58.6 Å². The van der Waals surface area contributed by atoms with Crippen molar-refractivity contribution >= 4 is 63.5 Å². The van der Waals surface area contributed by atoms with Gasteiger partial charge in [-0.25, -0.2) is 4.98 Å². The maximum Gasteiger partial charge on any atom is 0.147 e. The van der Waals surface area contributed by atoms with E-state index < -0.39 is 0 Å². The number of aromatic nitrogens is 3. The van der Waals surface area contributed by atoms with Crippen molar-refractivity contribution in [1.82, 2.24) is 19.9 Å². The highest BCUT2D eigenvalue weighted by Gasteiger charge is 2.16. The molecule has 1 fully saturated rings. The number of hydrogen-bond acceptors (Lipinski definition) is 10. The Bertz CT molecular complexity index is 1480. The van der Waals surface area contributed by atoms with Crippen molar-refractivity contribution in [2.24, 2.45) is 0 Å². The highest BCUT2D eigenvalue weighted by Crippen LogP contribution is 2.35. The molecule has 0 unspecified atom stereocenters. The lowest BCUT2D eigenvalue weighted by atomic mass is 10.1. The highest BCUT2D eigenvalue weighted by atomic mass is 32.2. The fraction of sp³-hybridized carbons (Fsp3) is 0.310. The molecule has 0 aliphatic carbocycles. The van der Waals surface area contributed by atoms with Crippen molar-refractivity contribution in [3.05, 3.63) is 71.7 Å². The third-order valence-corrected chi connectivity index (χ3v) is 9.34. The quantitative estimate of drug-likeness (QED) is 0.231. The molecule has 39 heavy (non-hydrogen) atoms. The number of rotatable bonds is 9. The first-order chi connectivity index (χ1) is 19.0. The van der Waals surface area contributed by atoms with Gasteiger partial charge in [0.05, 0.1) is 23.1 Å². The number of thioether (sulfide) groups is 3. The molecule has 0 saturated carbocycles. The van der Waals surface area contributed by atoms with Crippen molar-refractivity contribution in [2.45, 2.75) is 22.1 Å². The smallest absolute Gasteiger partial charge is 0.147 e. The summed E-state index contributed by atoms with van der Waals surface area (Å²) in [5.74, 6) is 3.86. The summed E-state index contributed by atoms with van der Waals surface area (Å²) in [5, 5.41) is 13.6. The average molecular weight is 574 g/mol. The zero-order valence-corrected chi connectivity index (χ0v) is 24.8. The van der Waals surface area contributed by atoms with E-state index in [1.54, 1.807) is 11.8 Å². The van der Waals surface area contributed by atoms with Crippen LogP contribution >= 0.6 is 35.3 Å². The number of benzene rings is 2. The van der Waals surface area contributed by atoms with E-state index >= 15 is 0 Å². The van der Waals surface area contributed by atoms with Gasteiger partial charge in [0.2, 0.25) is 0 Å². The Balaban J connectivity index is 1.33. The van der Waals surface area contributed by atoms with Gasteiger partial charge in [0.1, 0.15) is 23.0 Å². The number of anilines is 3. The van der Waals surface area contributed by atoms with Crippen LogP contribution in [0.15, 0.2) is 64.6 Å². The summed E-state index contributed by atoms with van der Waals surface area (Å²) in [6.45, 7) is 2.74. The van der Waals surface area contributed by atoms with Crippen molar-refractivity contribution in [3.63, 3.8) is 0 Å². The summed E-state index contributed by atoms with van der Waals surface area (Å²) in [5.41, 5.74) is 5.84. The van der Waals surface area contributed by atoms with Crippen LogP contribution in [0.5, 0.6) is 0 Å². The molecule has 1 aliphatic heterocycles. The number of hydrogen-bond donors (Lipinski definition) is 1. The second-order valence-corrected chi connectivity index (χ2v) is 12.6. The molecule has 0 spiro atoms. The fourth-order valence-electron chi connectivity index (χ4n) is 4.37. The van der Waals surface area contributed by atoms with E-state index in [1.807, 2.05) is 48.1 Å². The molecule has 0 amide bonds. The number of nitrogens with one attached hydrogen (secondary N) is 1. The molecule has 5 rings (SSSR count). The SMILES string of the molecule is CSc1cc(Nc2ccc3ncc(N4CCSCC4)nc3c2C#N)ccc1SCc1ccc(CN(C)C)nc1. The van der Waals surface area contributed by atoms with Crippen molar-refractivity contribution in [3.8, 4) is 6.07 Å². The molecule has 0 radical (unpaired) electrons. The minimum Gasteiger partial charge on any atom is -0.354 e. The number of nitrogens with zero attached hydrogens (tertiary/aromatic N) is 6. The molecule has 2 aromatic carbocycles. The van der Waals surface area contributed by atoms with E-state index in [0.717, 1.165) is 65.3 Å². The molecule has 0 atom stereocenters. The summed E-state index contributed by atoms with van der Waals surface area (Å²) in [6.07, 6.45) is 5.89. The van der Waals surface area contributed by atoms with Crippen molar-refractivity contribution in [2.75, 3.05) is 55.2 Å². The van der Waals surface area contributed by atoms with Gasteiger partial charge < -0.3 is 15.1 Å². The van der Waals surface area contributed by atoms with Crippen LogP contribution < -0.4 is 10.2 Å². The lowest BCUT2D eigenvalue weighted by molar-refractivity contribution is 0.397. The summed E-state index contributed by atoms with van der Waals surface area (Å²) in [6, 6.07) is 16.8. The first-order valence-electron chi connectivity index (χ1n) is 12.7. The minimum atomic E-state index is 0.516. The summed E-state index contributed by atoms with van der Waals surface area (Å²) in [7, 11) is 4.10. The second-order valence-electron chi connectivity index (χ2n) is 9.47. The van der Waals surface area contributed by atoms with E-state index in [4.69, 9.17) is 4.98 Å². The Hall–Kier alpha value is -2.97. The van der Waals surface area contributed by atoms with Gasteiger partial charge in [-0.05, 0) is 62.3 Å². The van der Waals surface area contributed by atoms with Gasteiger partial charge in [-0.15, -0.1) is 23.5 Å². The topological polar surface area (TPSA) is 81.0 Å². The molecule has 4 aromatic rings. The van der Waals surface area contributed by atoms with E-state index in [2.05, 4.69) is 81.8 Å². The lowest BCUT2D eigenvalue weighted by Crippen LogP contribution is -2.33. The minimum absolute atomic E-state index is 0.516. The van der Waals surface area contributed by atoms with Crippen LogP contribution in [0.2, 0.25) is 0 Å². The molecule has 200 valence electrons. The molecular weight excluding hydrogens is 543 g/mol. The van der Waals surface area contributed by atoms with Gasteiger partial charge in [0.15, 0.2) is 0 Å². The van der Waals surface area contributed by atoms with Gasteiger partial charge in [-0.1, -0.05) is 6.07 Å². The summed E-state index contributed by atoms with van der Waals surface area (Å²) < 4.78 is 0. The lowest BCUT2D eigenvalue weighted by Gasteiger charge is -2.27. The maximum atomic E-state index is 10.1. The van der Waals surface area contributed by atoms with Gasteiger partial charge in [-0.2, -0.15) is 17.0 Å². The first kappa shape index (κ1) is 27.6. The van der Waals surface area contributed by atoms with Crippen LogP contribution in [-0.4, -0.2) is 64.8 Å². The Kier molecular flexibility index (Phi) is 9.14. The standard InChI is InChI=1S/C29H31N7S3/c1-35(2)18-22-5-4-20(16-31-22)19-39-26-9-6-21(14-27(26)37-3)33-24-7-8-25-29(23(24)15-30)34-28(17-32-25)36-10-12-38-13-11-36/h4-9,14,16-17,33H,10-13,18-19H2,1-3H3. The monoisotopic (exact) mass is 573 g/mol. The van der Waals surface area contributed by atoms with Crippen LogP contribution in [0, 0.1) is 11.3 Å². The van der Waals surface area contributed by atoms with Crippen LogP contribution in [0.25, 0.3) is 11.0 Å². The van der Waals surface area contributed by atoms with E-state index in [-0.39, 0.29) is 0 Å². The Morgan fingerprint density at radius 3 is 2.62 bits per heavy atom. The molecule has 0 bridgehead atoms. The molecule has 7 nitrogen and oxygen atoms in total.